The van der Waals surface area contributed by atoms with Gasteiger partial charge in [-0.3, -0.25) is 10.1 Å². The van der Waals surface area contributed by atoms with Crippen LogP contribution in [0, 0.1) is 0 Å². The van der Waals surface area contributed by atoms with Gasteiger partial charge in [-0.05, 0) is 30.7 Å². The van der Waals surface area contributed by atoms with Gasteiger partial charge < -0.3 is 9.84 Å². The molecule has 1 aromatic carbocycles. The molecule has 0 aliphatic rings. The molecule has 6 nitrogen and oxygen atoms in total. The van der Waals surface area contributed by atoms with E-state index in [1.807, 2.05) is 0 Å². The fraction of sp³-hybridized carbons (Fsp3) is 0.278. The van der Waals surface area contributed by atoms with Crippen LogP contribution in [0.3, 0.4) is 0 Å². The van der Waals surface area contributed by atoms with Gasteiger partial charge in [-0.25, -0.2) is 4.98 Å². The maximum Gasteiger partial charge on any atom is 0.417 e. The van der Waals surface area contributed by atoms with Crippen LogP contribution in [0.4, 0.5) is 27.1 Å². The lowest BCUT2D eigenvalue weighted by Gasteiger charge is -2.24. The van der Waals surface area contributed by atoms with Crippen molar-refractivity contribution >= 4 is 33.9 Å². The Kier molecular flexibility index (Phi) is 6.57. The molecule has 0 spiro atoms. The number of carbonyl (C=O) groups is 1. The van der Waals surface area contributed by atoms with Crippen molar-refractivity contribution in [1.29, 1.82) is 0 Å². The molecule has 0 fully saturated rings. The Morgan fingerprint density at radius 1 is 1.29 bits per heavy atom. The second-order valence-corrected chi connectivity index (χ2v) is 8.19. The number of aliphatic hydroxyl groups is 1. The summed E-state index contributed by atoms with van der Waals surface area (Å²) in [5, 5.41) is 13.4. The number of alkyl halides is 5. The highest BCUT2D eigenvalue weighted by Gasteiger charge is 2.50. The Labute approximate surface area is 180 Å². The zero-order valence-electron chi connectivity index (χ0n) is 15.6. The largest absolute Gasteiger partial charge is 0.435 e. The number of anilines is 1. The van der Waals surface area contributed by atoms with Crippen LogP contribution in [0.1, 0.15) is 23.1 Å². The molecule has 0 saturated carbocycles. The van der Waals surface area contributed by atoms with Gasteiger partial charge in [-0.15, -0.1) is 11.3 Å². The van der Waals surface area contributed by atoms with Crippen LogP contribution in [0.15, 0.2) is 35.7 Å². The summed E-state index contributed by atoms with van der Waals surface area (Å²) in [5.74, 6) is -0.861. The van der Waals surface area contributed by atoms with Gasteiger partial charge in [-0.2, -0.15) is 26.3 Å². The number of nitrogens with one attached hydrogen (secondary N) is 1. The van der Waals surface area contributed by atoms with Crippen LogP contribution in [0.25, 0.3) is 10.4 Å². The number of thiophene rings is 1. The predicted octanol–water partition coefficient (Wildman–Crippen LogP) is 4.98. The minimum Gasteiger partial charge on any atom is -0.435 e. The molecule has 0 aliphatic heterocycles. The second kappa shape index (κ2) is 8.85. The number of rotatable bonds is 7. The van der Waals surface area contributed by atoms with E-state index in [-0.39, 0.29) is 22.3 Å². The Bertz CT molecular complexity index is 1070. The van der Waals surface area contributed by atoms with Gasteiger partial charge in [0.2, 0.25) is 5.13 Å². The van der Waals surface area contributed by atoms with Crippen molar-refractivity contribution in [3.05, 3.63) is 47.1 Å². The highest BCUT2D eigenvalue weighted by atomic mass is 32.1. The lowest BCUT2D eigenvalue weighted by atomic mass is 10.0. The second-order valence-electron chi connectivity index (χ2n) is 6.52. The van der Waals surface area contributed by atoms with Crippen LogP contribution >= 0.6 is 22.9 Å². The molecule has 2 heterocycles. The van der Waals surface area contributed by atoms with Gasteiger partial charge in [0.25, 0.3) is 5.91 Å². The standard InChI is InChI=1S/C18H14F5N3O3S2/c1-17(28,18(21,22)23)7-13-24-16(31-26-13)25-14(27)10-6-12(30-8-10)9-3-2-4-11(5-9)29-15(19)20/h2-6,8,15,28H,7H2,1H3,(H,24,25,26,27). The van der Waals surface area contributed by atoms with Crippen molar-refractivity contribution in [2.45, 2.75) is 31.7 Å². The summed E-state index contributed by atoms with van der Waals surface area (Å²) in [4.78, 5) is 16.8. The average molecular weight is 479 g/mol. The maximum absolute atomic E-state index is 12.8. The first kappa shape index (κ1) is 23.0. The summed E-state index contributed by atoms with van der Waals surface area (Å²) in [6, 6.07) is 7.50. The van der Waals surface area contributed by atoms with Gasteiger partial charge in [0.05, 0.1) is 5.56 Å². The molecule has 0 radical (unpaired) electrons. The fourth-order valence-corrected chi connectivity index (χ4v) is 3.85. The average Bonchev–Trinajstić information content (AvgIpc) is 3.30. The molecular formula is C18H14F5N3O3S2. The van der Waals surface area contributed by atoms with E-state index < -0.39 is 30.7 Å². The molecular weight excluding hydrogens is 465 g/mol. The number of halogens is 5. The summed E-state index contributed by atoms with van der Waals surface area (Å²) >= 11 is 1.87. The highest BCUT2D eigenvalue weighted by Crippen LogP contribution is 2.33. The molecule has 3 aromatic rings. The van der Waals surface area contributed by atoms with Gasteiger partial charge in [-0.1, -0.05) is 12.1 Å². The molecule has 0 saturated heterocycles. The number of amides is 1. The van der Waals surface area contributed by atoms with Crippen molar-refractivity contribution < 1.29 is 36.6 Å². The summed E-state index contributed by atoms with van der Waals surface area (Å²) < 4.78 is 71.1. The molecule has 1 amide bonds. The molecule has 13 heteroatoms. The number of aromatic nitrogens is 2. The van der Waals surface area contributed by atoms with Crippen molar-refractivity contribution in [3.8, 4) is 16.2 Å². The van der Waals surface area contributed by atoms with Crippen LogP contribution in [0.2, 0.25) is 0 Å². The fourth-order valence-electron chi connectivity index (χ4n) is 2.39. The maximum atomic E-state index is 12.8. The number of hydrogen-bond donors (Lipinski definition) is 2. The molecule has 1 unspecified atom stereocenters. The molecule has 2 aromatic heterocycles. The normalized spacial score (nSPS) is 13.8. The van der Waals surface area contributed by atoms with Crippen LogP contribution in [0.5, 0.6) is 5.75 Å². The van der Waals surface area contributed by atoms with E-state index in [0.29, 0.717) is 28.9 Å². The number of nitrogens with zero attached hydrogens (tertiary/aromatic N) is 2. The Hall–Kier alpha value is -2.64. The van der Waals surface area contributed by atoms with E-state index in [1.165, 1.54) is 41.0 Å². The van der Waals surface area contributed by atoms with E-state index in [4.69, 9.17) is 0 Å². The quantitative estimate of drug-likeness (QED) is 0.467. The molecule has 3 rings (SSSR count). The Morgan fingerprint density at radius 2 is 2.03 bits per heavy atom. The third-order valence-corrected chi connectivity index (χ3v) is 5.65. The minimum absolute atomic E-state index is 0.0250. The summed E-state index contributed by atoms with van der Waals surface area (Å²) in [6.45, 7) is -2.35. The first-order valence-electron chi connectivity index (χ1n) is 8.51. The van der Waals surface area contributed by atoms with Gasteiger partial charge in [0, 0.05) is 28.2 Å². The summed E-state index contributed by atoms with van der Waals surface area (Å²) in [7, 11) is 0. The zero-order valence-corrected chi connectivity index (χ0v) is 17.2. The van der Waals surface area contributed by atoms with E-state index >= 15 is 0 Å². The molecule has 1 atom stereocenters. The topological polar surface area (TPSA) is 84.3 Å². The van der Waals surface area contributed by atoms with Crippen molar-refractivity contribution in [2.75, 3.05) is 5.32 Å². The van der Waals surface area contributed by atoms with Crippen LogP contribution < -0.4 is 10.1 Å². The number of hydrogen-bond acceptors (Lipinski definition) is 7. The van der Waals surface area contributed by atoms with Crippen LogP contribution in [-0.2, 0) is 6.42 Å². The first-order chi connectivity index (χ1) is 14.4. The third-order valence-electron chi connectivity index (χ3n) is 4.01. The number of ether oxygens (including phenoxy) is 1. The Balaban J connectivity index is 1.68. The molecule has 166 valence electrons. The molecule has 31 heavy (non-hydrogen) atoms. The SMILES string of the molecule is CC(O)(Cc1nsc(NC(=O)c2csc(-c3cccc(OC(F)F)c3)c2)n1)C(F)(F)F. The van der Waals surface area contributed by atoms with Gasteiger partial charge in [0.1, 0.15) is 11.6 Å². The van der Waals surface area contributed by atoms with E-state index in [9.17, 15) is 31.9 Å². The van der Waals surface area contributed by atoms with Crippen molar-refractivity contribution in [3.63, 3.8) is 0 Å². The predicted molar refractivity (Wildman–Crippen MR) is 105 cm³/mol. The van der Waals surface area contributed by atoms with Crippen LogP contribution in [-0.4, -0.2) is 38.8 Å². The summed E-state index contributed by atoms with van der Waals surface area (Å²) in [5.41, 5.74) is -2.20. The van der Waals surface area contributed by atoms with Crippen molar-refractivity contribution in [1.82, 2.24) is 9.36 Å². The number of carbonyl (C=O) groups excluding carboxylic acids is 1. The van der Waals surface area contributed by atoms with E-state index in [2.05, 4.69) is 19.4 Å². The van der Waals surface area contributed by atoms with Gasteiger partial charge >= 0.3 is 12.8 Å². The van der Waals surface area contributed by atoms with E-state index in [0.717, 1.165) is 0 Å². The molecule has 0 bridgehead atoms. The molecule has 0 aliphatic carbocycles. The lowest BCUT2D eigenvalue weighted by molar-refractivity contribution is -0.252. The van der Waals surface area contributed by atoms with E-state index in [1.54, 1.807) is 6.07 Å². The summed E-state index contributed by atoms with van der Waals surface area (Å²) in [6.07, 6.45) is -5.71. The monoisotopic (exact) mass is 479 g/mol. The minimum atomic E-state index is -4.85. The van der Waals surface area contributed by atoms with Gasteiger partial charge in [0.15, 0.2) is 5.60 Å². The molecule has 2 N–H and O–H groups in total. The Morgan fingerprint density at radius 3 is 2.71 bits per heavy atom. The number of benzene rings is 1. The highest BCUT2D eigenvalue weighted by molar-refractivity contribution is 7.14. The third kappa shape index (κ3) is 5.74. The first-order valence-corrected chi connectivity index (χ1v) is 10.2. The van der Waals surface area contributed by atoms with Crippen molar-refractivity contribution in [2.24, 2.45) is 0 Å². The lowest BCUT2D eigenvalue weighted by Crippen LogP contribution is -2.44. The zero-order chi connectivity index (χ0) is 22.8. The smallest absolute Gasteiger partial charge is 0.417 e.